The first-order valence-electron chi connectivity index (χ1n) is 11.1. The minimum absolute atomic E-state index is 0.0181. The number of ether oxygens (including phenoxy) is 1. The molecule has 0 bridgehead atoms. The van der Waals surface area contributed by atoms with Crippen molar-refractivity contribution in [2.75, 3.05) is 13.7 Å². The molecule has 1 saturated carbocycles. The molecule has 0 atom stereocenters. The van der Waals surface area contributed by atoms with E-state index in [1.54, 1.807) is 42.3 Å². The van der Waals surface area contributed by atoms with Gasteiger partial charge in [-0.15, -0.1) is 11.3 Å². The summed E-state index contributed by atoms with van der Waals surface area (Å²) in [5, 5.41) is 0.685. The molecule has 0 N–H and O–H groups in total. The average Bonchev–Trinajstić information content (AvgIpc) is 3.20. The molecule has 1 aliphatic heterocycles. The summed E-state index contributed by atoms with van der Waals surface area (Å²) < 4.78 is 34.7. The fourth-order valence-electron chi connectivity index (χ4n) is 4.88. The molecule has 1 aromatic carbocycles. The Morgan fingerprint density at radius 2 is 1.91 bits per heavy atom. The molecule has 5 rings (SSSR count). The molecule has 2 aromatic heterocycles. The normalized spacial score (nSPS) is 18.0. The number of sulfonamides is 1. The second kappa shape index (κ2) is 8.61. The molecule has 0 saturated heterocycles. The van der Waals surface area contributed by atoms with Crippen molar-refractivity contribution in [1.82, 2.24) is 13.9 Å². The van der Waals surface area contributed by atoms with E-state index in [1.165, 1.54) is 47.7 Å². The third-order valence-corrected chi connectivity index (χ3v) is 9.65. The Kier molecular flexibility index (Phi) is 5.81. The SMILES string of the molecule is COc1ccc(S(=O)(=O)N2CCc3c(sc4ncn(CC5CCCCC5)c(=O)c34)C2)cc1. The standard InChI is InChI=1S/C23H27N3O4S2/c1-30-17-7-9-18(10-8-17)32(28,29)26-12-11-19-20(14-26)31-22-21(19)23(27)25(15-24-22)13-16-5-3-2-4-6-16/h7-10,15-16H,2-6,11-14H2,1H3. The van der Waals surface area contributed by atoms with Gasteiger partial charge in [0.2, 0.25) is 10.0 Å². The number of hydrogen-bond acceptors (Lipinski definition) is 6. The van der Waals surface area contributed by atoms with E-state index in [0.29, 0.717) is 34.8 Å². The molecule has 3 heterocycles. The van der Waals surface area contributed by atoms with Crippen LogP contribution < -0.4 is 10.3 Å². The van der Waals surface area contributed by atoms with E-state index in [0.717, 1.165) is 17.0 Å². The third-order valence-electron chi connectivity index (χ3n) is 6.67. The lowest BCUT2D eigenvalue weighted by atomic mass is 9.89. The molecule has 7 nitrogen and oxygen atoms in total. The van der Waals surface area contributed by atoms with Crippen LogP contribution in [0.3, 0.4) is 0 Å². The van der Waals surface area contributed by atoms with Crippen LogP contribution in [0, 0.1) is 5.92 Å². The van der Waals surface area contributed by atoms with E-state index >= 15 is 0 Å². The number of fused-ring (bicyclic) bond motifs is 3. The maximum atomic E-state index is 13.3. The van der Waals surface area contributed by atoms with Crippen LogP contribution >= 0.6 is 11.3 Å². The number of nitrogens with zero attached hydrogens (tertiary/aromatic N) is 3. The van der Waals surface area contributed by atoms with Gasteiger partial charge in [-0.2, -0.15) is 4.31 Å². The first kappa shape index (κ1) is 21.6. The van der Waals surface area contributed by atoms with E-state index in [1.807, 2.05) is 0 Å². The van der Waals surface area contributed by atoms with Gasteiger partial charge in [-0.25, -0.2) is 13.4 Å². The Morgan fingerprint density at radius 3 is 2.62 bits per heavy atom. The molecule has 0 unspecified atom stereocenters. The van der Waals surface area contributed by atoms with Crippen molar-refractivity contribution in [3.63, 3.8) is 0 Å². The van der Waals surface area contributed by atoms with Crippen LogP contribution in [-0.4, -0.2) is 35.9 Å². The number of hydrogen-bond donors (Lipinski definition) is 0. The summed E-state index contributed by atoms with van der Waals surface area (Å²) in [5.41, 5.74) is 0.992. The number of aromatic nitrogens is 2. The van der Waals surface area contributed by atoms with Gasteiger partial charge >= 0.3 is 0 Å². The largest absolute Gasteiger partial charge is 0.497 e. The summed E-state index contributed by atoms with van der Waals surface area (Å²) in [4.78, 5) is 19.7. The highest BCUT2D eigenvalue weighted by Gasteiger charge is 2.31. The van der Waals surface area contributed by atoms with Crippen LogP contribution in [0.25, 0.3) is 10.2 Å². The number of rotatable bonds is 5. The first-order chi connectivity index (χ1) is 15.5. The van der Waals surface area contributed by atoms with Crippen LogP contribution in [0.4, 0.5) is 0 Å². The monoisotopic (exact) mass is 473 g/mol. The topological polar surface area (TPSA) is 81.5 Å². The van der Waals surface area contributed by atoms with Crippen molar-refractivity contribution in [3.8, 4) is 5.75 Å². The van der Waals surface area contributed by atoms with Crippen LogP contribution in [0.1, 0.15) is 42.5 Å². The second-order valence-electron chi connectivity index (χ2n) is 8.65. The summed E-state index contributed by atoms with van der Waals surface area (Å²) in [7, 11) is -2.07. The fourth-order valence-corrected chi connectivity index (χ4v) is 7.56. The predicted molar refractivity (Wildman–Crippen MR) is 125 cm³/mol. The predicted octanol–water partition coefficient (Wildman–Crippen LogP) is 3.79. The van der Waals surface area contributed by atoms with Gasteiger partial charge in [0.25, 0.3) is 5.56 Å². The zero-order valence-corrected chi connectivity index (χ0v) is 19.8. The van der Waals surface area contributed by atoms with Gasteiger partial charge in [-0.1, -0.05) is 19.3 Å². The van der Waals surface area contributed by atoms with Gasteiger partial charge in [0.05, 0.1) is 23.7 Å². The van der Waals surface area contributed by atoms with Crippen molar-refractivity contribution < 1.29 is 13.2 Å². The Balaban J connectivity index is 1.43. The summed E-state index contributed by atoms with van der Waals surface area (Å²) >= 11 is 1.44. The minimum Gasteiger partial charge on any atom is -0.497 e. The zero-order valence-electron chi connectivity index (χ0n) is 18.1. The number of thiophene rings is 1. The highest BCUT2D eigenvalue weighted by Crippen LogP contribution is 2.34. The molecule has 0 spiro atoms. The summed E-state index contributed by atoms with van der Waals surface area (Å²) in [6, 6.07) is 6.45. The van der Waals surface area contributed by atoms with E-state index in [4.69, 9.17) is 4.74 Å². The van der Waals surface area contributed by atoms with Crippen LogP contribution in [0.2, 0.25) is 0 Å². The molecule has 3 aromatic rings. The van der Waals surface area contributed by atoms with E-state index in [-0.39, 0.29) is 17.0 Å². The molecule has 32 heavy (non-hydrogen) atoms. The fraction of sp³-hybridized carbons (Fsp3) is 0.478. The van der Waals surface area contributed by atoms with Gasteiger partial charge in [-0.05, 0) is 55.0 Å². The molecule has 0 radical (unpaired) electrons. The van der Waals surface area contributed by atoms with Gasteiger partial charge < -0.3 is 4.74 Å². The molecule has 1 aliphatic carbocycles. The maximum absolute atomic E-state index is 13.3. The summed E-state index contributed by atoms with van der Waals surface area (Å²) in [5.74, 6) is 1.16. The van der Waals surface area contributed by atoms with E-state index < -0.39 is 10.0 Å². The van der Waals surface area contributed by atoms with Crippen LogP contribution in [0.15, 0.2) is 40.3 Å². The lowest BCUT2D eigenvalue weighted by Crippen LogP contribution is -2.35. The zero-order chi connectivity index (χ0) is 22.3. The van der Waals surface area contributed by atoms with Crippen molar-refractivity contribution in [2.24, 2.45) is 5.92 Å². The Morgan fingerprint density at radius 1 is 1.16 bits per heavy atom. The molecule has 1 fully saturated rings. The van der Waals surface area contributed by atoms with E-state index in [9.17, 15) is 13.2 Å². The van der Waals surface area contributed by atoms with Crippen molar-refractivity contribution >= 4 is 31.6 Å². The lowest BCUT2D eigenvalue weighted by Gasteiger charge is -2.26. The van der Waals surface area contributed by atoms with Crippen LogP contribution in [-0.2, 0) is 29.5 Å². The maximum Gasteiger partial charge on any atom is 0.262 e. The number of benzene rings is 1. The molecule has 0 amide bonds. The Bertz CT molecular complexity index is 1290. The lowest BCUT2D eigenvalue weighted by molar-refractivity contribution is 0.315. The molecular formula is C23H27N3O4S2. The number of methoxy groups -OCH3 is 1. The van der Waals surface area contributed by atoms with Gasteiger partial charge in [-0.3, -0.25) is 9.36 Å². The Hall–Kier alpha value is -2.23. The quantitative estimate of drug-likeness (QED) is 0.563. The molecule has 2 aliphatic rings. The van der Waals surface area contributed by atoms with Gasteiger partial charge in [0.15, 0.2) is 0 Å². The van der Waals surface area contributed by atoms with Crippen molar-refractivity contribution in [2.45, 2.75) is 56.5 Å². The summed E-state index contributed by atoms with van der Waals surface area (Å²) in [6.07, 6.45) is 8.30. The van der Waals surface area contributed by atoms with E-state index in [2.05, 4.69) is 4.98 Å². The minimum atomic E-state index is -3.62. The first-order valence-corrected chi connectivity index (χ1v) is 13.4. The van der Waals surface area contributed by atoms with Crippen molar-refractivity contribution in [3.05, 3.63) is 51.4 Å². The third kappa shape index (κ3) is 3.86. The summed E-state index contributed by atoms with van der Waals surface area (Å²) in [6.45, 7) is 1.35. The Labute approximate surface area is 191 Å². The molecular weight excluding hydrogens is 446 g/mol. The smallest absolute Gasteiger partial charge is 0.262 e. The molecule has 170 valence electrons. The van der Waals surface area contributed by atoms with Crippen LogP contribution in [0.5, 0.6) is 5.75 Å². The highest BCUT2D eigenvalue weighted by atomic mass is 32.2. The van der Waals surface area contributed by atoms with Gasteiger partial charge in [0.1, 0.15) is 10.6 Å². The highest BCUT2D eigenvalue weighted by molar-refractivity contribution is 7.89. The average molecular weight is 474 g/mol. The van der Waals surface area contributed by atoms with Crippen molar-refractivity contribution in [1.29, 1.82) is 0 Å². The van der Waals surface area contributed by atoms with Gasteiger partial charge in [0, 0.05) is 24.5 Å². The second-order valence-corrected chi connectivity index (χ2v) is 11.7. The molecule has 9 heteroatoms.